The maximum absolute atomic E-state index is 12.6. The number of carboxylic acid groups (broad SMARTS) is 1. The average Bonchev–Trinajstić information content (AvgIpc) is 3.30. The molecule has 1 aliphatic heterocycles. The number of aromatic nitrogens is 3. The summed E-state index contributed by atoms with van der Waals surface area (Å²) in [5.41, 5.74) is 4.26. The van der Waals surface area contributed by atoms with E-state index < -0.39 is 12.1 Å². The highest BCUT2D eigenvalue weighted by atomic mass is 19.4. The minimum absolute atomic E-state index is 0.0722. The van der Waals surface area contributed by atoms with Crippen LogP contribution in [0.1, 0.15) is 28.2 Å². The van der Waals surface area contributed by atoms with Crippen LogP contribution in [0.25, 0.3) is 11.3 Å². The van der Waals surface area contributed by atoms with E-state index in [0.29, 0.717) is 18.8 Å². The molecule has 0 saturated heterocycles. The summed E-state index contributed by atoms with van der Waals surface area (Å²) < 4.78 is 38.9. The van der Waals surface area contributed by atoms with Crippen LogP contribution in [0, 0.1) is 0 Å². The van der Waals surface area contributed by atoms with Crippen molar-refractivity contribution in [1.29, 1.82) is 0 Å². The summed E-state index contributed by atoms with van der Waals surface area (Å²) in [4.78, 5) is 27.5. The second kappa shape index (κ2) is 9.02. The largest absolute Gasteiger partial charge is 0.490 e. The van der Waals surface area contributed by atoms with E-state index in [2.05, 4.69) is 10.1 Å². The molecule has 0 unspecified atom stereocenters. The number of rotatable bonds is 2. The minimum atomic E-state index is -5.08. The van der Waals surface area contributed by atoms with Crippen molar-refractivity contribution < 1.29 is 32.3 Å². The summed E-state index contributed by atoms with van der Waals surface area (Å²) >= 11 is 0. The molecule has 164 valence electrons. The Balaban J connectivity index is 0.000000339. The van der Waals surface area contributed by atoms with Gasteiger partial charge in [-0.25, -0.2) is 4.79 Å². The van der Waals surface area contributed by atoms with E-state index in [1.54, 1.807) is 18.3 Å². The molecule has 0 fully saturated rings. The molecule has 0 radical (unpaired) electrons. The zero-order valence-corrected chi connectivity index (χ0v) is 16.5. The summed E-state index contributed by atoms with van der Waals surface area (Å²) in [6, 6.07) is 7.38. The van der Waals surface area contributed by atoms with E-state index >= 15 is 0 Å². The molecule has 31 heavy (non-hydrogen) atoms. The quantitative estimate of drug-likeness (QED) is 0.662. The third-order valence-corrected chi connectivity index (χ3v) is 4.67. The van der Waals surface area contributed by atoms with Crippen molar-refractivity contribution >= 4 is 11.9 Å². The molecule has 0 aromatic carbocycles. The van der Waals surface area contributed by atoms with Gasteiger partial charge in [-0.1, -0.05) is 0 Å². The SMILES string of the molecule is Cn1nc(-c2cccnc2)c2c1CN(C(=O)c1ccco1)CCC2.O=C(O)C(F)(F)F. The zero-order valence-electron chi connectivity index (χ0n) is 16.5. The highest BCUT2D eigenvalue weighted by Crippen LogP contribution is 2.29. The lowest BCUT2D eigenvalue weighted by Crippen LogP contribution is -2.31. The zero-order chi connectivity index (χ0) is 22.6. The first-order valence-electron chi connectivity index (χ1n) is 9.26. The van der Waals surface area contributed by atoms with Crippen LogP contribution in [0.3, 0.4) is 0 Å². The Morgan fingerprint density at radius 1 is 1.23 bits per heavy atom. The van der Waals surface area contributed by atoms with Gasteiger partial charge in [0.15, 0.2) is 5.76 Å². The van der Waals surface area contributed by atoms with Gasteiger partial charge in [0.1, 0.15) is 0 Å². The maximum Gasteiger partial charge on any atom is 0.490 e. The topological polar surface area (TPSA) is 101 Å². The smallest absolute Gasteiger partial charge is 0.475 e. The number of fused-ring (bicyclic) bond motifs is 1. The van der Waals surface area contributed by atoms with Crippen LogP contribution in [-0.2, 0) is 24.8 Å². The van der Waals surface area contributed by atoms with Crippen LogP contribution in [-0.4, -0.2) is 49.4 Å². The Morgan fingerprint density at radius 3 is 2.55 bits per heavy atom. The molecule has 3 aromatic heterocycles. The molecule has 1 amide bonds. The van der Waals surface area contributed by atoms with Crippen LogP contribution in [0.4, 0.5) is 13.2 Å². The number of amides is 1. The summed E-state index contributed by atoms with van der Waals surface area (Å²) in [6.45, 7) is 1.25. The summed E-state index contributed by atoms with van der Waals surface area (Å²) in [5, 5.41) is 11.8. The number of carboxylic acids is 1. The van der Waals surface area contributed by atoms with Crippen molar-refractivity contribution in [2.45, 2.75) is 25.6 Å². The van der Waals surface area contributed by atoms with Crippen molar-refractivity contribution in [2.75, 3.05) is 6.54 Å². The molecule has 0 saturated carbocycles. The van der Waals surface area contributed by atoms with Crippen molar-refractivity contribution in [3.05, 3.63) is 59.9 Å². The van der Waals surface area contributed by atoms with E-state index in [1.807, 2.05) is 35.0 Å². The number of aliphatic carboxylic acids is 1. The molecule has 1 N–H and O–H groups in total. The van der Waals surface area contributed by atoms with Gasteiger partial charge in [0.05, 0.1) is 24.2 Å². The number of alkyl halides is 3. The van der Waals surface area contributed by atoms with Gasteiger partial charge in [0.25, 0.3) is 5.91 Å². The fourth-order valence-electron chi connectivity index (χ4n) is 3.23. The minimum Gasteiger partial charge on any atom is -0.475 e. The number of nitrogens with zero attached hydrogens (tertiary/aromatic N) is 4. The average molecular weight is 436 g/mol. The van der Waals surface area contributed by atoms with Gasteiger partial charge in [0, 0.05) is 37.1 Å². The van der Waals surface area contributed by atoms with E-state index in [4.69, 9.17) is 14.3 Å². The molecule has 0 aliphatic carbocycles. The standard InChI is InChI=1S/C18H18N4O2.C2HF3O2/c1-21-15-12-22(18(23)16-7-4-10-24-16)9-3-6-14(15)17(20-21)13-5-2-8-19-11-13;3-2(4,5)1(6)7/h2,4-5,7-8,10-11H,3,6,9,12H2,1H3;(H,6,7). The van der Waals surface area contributed by atoms with Gasteiger partial charge in [-0.2, -0.15) is 18.3 Å². The number of aryl methyl sites for hydroxylation is 1. The lowest BCUT2D eigenvalue weighted by Gasteiger charge is -2.19. The predicted molar refractivity (Wildman–Crippen MR) is 102 cm³/mol. The van der Waals surface area contributed by atoms with E-state index in [0.717, 1.165) is 29.8 Å². The van der Waals surface area contributed by atoms with E-state index in [-0.39, 0.29) is 5.91 Å². The van der Waals surface area contributed by atoms with E-state index in [9.17, 15) is 18.0 Å². The Hall–Kier alpha value is -3.63. The highest BCUT2D eigenvalue weighted by Gasteiger charge is 2.38. The first-order chi connectivity index (χ1) is 14.7. The molecular formula is C20H19F3N4O4. The molecule has 0 atom stereocenters. The normalized spacial score (nSPS) is 13.6. The van der Waals surface area contributed by atoms with Gasteiger partial charge in [-0.05, 0) is 37.1 Å². The molecule has 0 spiro atoms. The second-order valence-electron chi connectivity index (χ2n) is 6.75. The number of hydrogen-bond acceptors (Lipinski definition) is 5. The van der Waals surface area contributed by atoms with Gasteiger partial charge in [-0.15, -0.1) is 0 Å². The Kier molecular flexibility index (Phi) is 6.42. The molecule has 8 nitrogen and oxygen atoms in total. The Labute approximate surface area is 174 Å². The lowest BCUT2D eigenvalue weighted by molar-refractivity contribution is -0.192. The number of furan rings is 1. The monoisotopic (exact) mass is 436 g/mol. The highest BCUT2D eigenvalue weighted by molar-refractivity contribution is 5.91. The first kappa shape index (κ1) is 22.1. The van der Waals surface area contributed by atoms with Gasteiger partial charge in [0.2, 0.25) is 0 Å². The van der Waals surface area contributed by atoms with Crippen molar-refractivity contribution in [3.63, 3.8) is 0 Å². The van der Waals surface area contributed by atoms with Gasteiger partial charge >= 0.3 is 12.1 Å². The van der Waals surface area contributed by atoms with Gasteiger partial charge in [-0.3, -0.25) is 14.5 Å². The number of carbonyl (C=O) groups excluding carboxylic acids is 1. The Bertz CT molecular complexity index is 1050. The third kappa shape index (κ3) is 5.11. The number of halogens is 3. The van der Waals surface area contributed by atoms with Crippen LogP contribution >= 0.6 is 0 Å². The number of pyridine rings is 1. The summed E-state index contributed by atoms with van der Waals surface area (Å²) in [6.07, 6.45) is 1.84. The molecule has 3 aromatic rings. The molecule has 1 aliphatic rings. The number of carbonyl (C=O) groups is 2. The molecule has 4 heterocycles. The van der Waals surface area contributed by atoms with E-state index in [1.165, 1.54) is 11.8 Å². The fourth-order valence-corrected chi connectivity index (χ4v) is 3.23. The molecule has 0 bridgehead atoms. The summed E-state index contributed by atoms with van der Waals surface area (Å²) in [5.74, 6) is -2.45. The first-order valence-corrected chi connectivity index (χ1v) is 9.26. The predicted octanol–water partition coefficient (Wildman–Crippen LogP) is 3.30. The second-order valence-corrected chi connectivity index (χ2v) is 6.75. The third-order valence-electron chi connectivity index (χ3n) is 4.67. The molecular weight excluding hydrogens is 417 g/mol. The number of hydrogen-bond donors (Lipinski definition) is 1. The summed E-state index contributed by atoms with van der Waals surface area (Å²) in [7, 11) is 1.93. The van der Waals surface area contributed by atoms with Crippen LogP contribution in [0.5, 0.6) is 0 Å². The van der Waals surface area contributed by atoms with Crippen molar-refractivity contribution in [1.82, 2.24) is 19.7 Å². The van der Waals surface area contributed by atoms with Crippen LogP contribution < -0.4 is 0 Å². The van der Waals surface area contributed by atoms with Crippen molar-refractivity contribution in [2.24, 2.45) is 7.05 Å². The lowest BCUT2D eigenvalue weighted by atomic mass is 10.0. The van der Waals surface area contributed by atoms with Crippen molar-refractivity contribution in [3.8, 4) is 11.3 Å². The van der Waals surface area contributed by atoms with Crippen LogP contribution in [0.15, 0.2) is 47.3 Å². The fraction of sp³-hybridized carbons (Fsp3) is 0.300. The Morgan fingerprint density at radius 2 is 1.97 bits per heavy atom. The molecule has 11 heteroatoms. The maximum atomic E-state index is 12.6. The molecule has 4 rings (SSSR count). The van der Waals surface area contributed by atoms with Crippen LogP contribution in [0.2, 0.25) is 0 Å². The van der Waals surface area contributed by atoms with Gasteiger partial charge < -0.3 is 14.4 Å².